The summed E-state index contributed by atoms with van der Waals surface area (Å²) in [6, 6.07) is 7.33. The van der Waals surface area contributed by atoms with Gasteiger partial charge >= 0.3 is 0 Å². The van der Waals surface area contributed by atoms with Crippen LogP contribution < -0.4 is 0 Å². The van der Waals surface area contributed by atoms with Gasteiger partial charge in [-0.1, -0.05) is 19.1 Å². The van der Waals surface area contributed by atoms with Crippen LogP contribution in [-0.4, -0.2) is 24.8 Å². The van der Waals surface area contributed by atoms with Gasteiger partial charge in [-0.3, -0.25) is 4.79 Å². The lowest BCUT2D eigenvalue weighted by Gasteiger charge is -2.14. The Hall–Kier alpha value is -1.66. The van der Waals surface area contributed by atoms with Crippen LogP contribution in [-0.2, 0) is 6.54 Å². The van der Waals surface area contributed by atoms with Crippen molar-refractivity contribution in [1.82, 2.24) is 4.90 Å². The quantitative estimate of drug-likeness (QED) is 0.699. The predicted octanol–water partition coefficient (Wildman–Crippen LogP) is 1.82. The third-order valence-electron chi connectivity index (χ3n) is 2.37. The molecule has 0 aliphatic heterocycles. The lowest BCUT2D eigenvalue weighted by atomic mass is 10.0. The lowest BCUT2D eigenvalue weighted by Crippen LogP contribution is -2.17. The van der Waals surface area contributed by atoms with Gasteiger partial charge in [-0.2, -0.15) is 5.26 Å². The largest absolute Gasteiger partial charge is 0.302 e. The van der Waals surface area contributed by atoms with E-state index in [1.54, 1.807) is 12.1 Å². The molecule has 0 amide bonds. The fourth-order valence-electron chi connectivity index (χ4n) is 1.31. The van der Waals surface area contributed by atoms with Gasteiger partial charge in [0.15, 0.2) is 0 Å². The minimum Gasteiger partial charge on any atom is -0.302 e. The van der Waals surface area contributed by atoms with Crippen LogP contribution in [0.4, 0.5) is 0 Å². The van der Waals surface area contributed by atoms with Crippen LogP contribution in [0.2, 0.25) is 0 Å². The van der Waals surface area contributed by atoms with Gasteiger partial charge in [-0.15, -0.1) is 0 Å². The van der Waals surface area contributed by atoms with Gasteiger partial charge in [0.25, 0.3) is 0 Å². The minimum atomic E-state index is 0.550. The van der Waals surface area contributed by atoms with Gasteiger partial charge in [0.05, 0.1) is 11.6 Å². The molecule has 0 bridgehead atoms. The van der Waals surface area contributed by atoms with Crippen molar-refractivity contribution in [1.29, 1.82) is 5.26 Å². The zero-order chi connectivity index (χ0) is 11.3. The van der Waals surface area contributed by atoms with Gasteiger partial charge in [0, 0.05) is 12.1 Å². The van der Waals surface area contributed by atoms with Crippen molar-refractivity contribution in [2.24, 2.45) is 0 Å². The van der Waals surface area contributed by atoms with Crippen LogP contribution in [0.15, 0.2) is 18.2 Å². The molecule has 0 heterocycles. The molecule has 3 nitrogen and oxygen atoms in total. The normalized spacial score (nSPS) is 10.0. The topological polar surface area (TPSA) is 44.1 Å². The molecule has 0 saturated heterocycles. The van der Waals surface area contributed by atoms with Crippen molar-refractivity contribution >= 4 is 6.29 Å². The molecule has 0 atom stereocenters. The zero-order valence-electron chi connectivity index (χ0n) is 9.03. The molecular formula is C12H14N2O. The second kappa shape index (κ2) is 5.28. The average molecular weight is 202 g/mol. The second-order valence-corrected chi connectivity index (χ2v) is 3.48. The van der Waals surface area contributed by atoms with Crippen LogP contribution in [0.5, 0.6) is 0 Å². The molecule has 78 valence electrons. The summed E-state index contributed by atoms with van der Waals surface area (Å²) < 4.78 is 0. The highest BCUT2D eigenvalue weighted by molar-refractivity contribution is 5.75. The number of aldehydes is 1. The van der Waals surface area contributed by atoms with Crippen LogP contribution >= 0.6 is 0 Å². The Morgan fingerprint density at radius 2 is 2.27 bits per heavy atom. The molecule has 1 aromatic carbocycles. The summed E-state index contributed by atoms with van der Waals surface area (Å²) in [6.07, 6.45) is 0.758. The maximum absolute atomic E-state index is 10.5. The Bertz CT molecular complexity index is 393. The molecule has 0 radical (unpaired) electrons. The number of nitriles is 1. The summed E-state index contributed by atoms with van der Waals surface area (Å²) in [5, 5.41) is 8.94. The van der Waals surface area contributed by atoms with Crippen LogP contribution in [0.1, 0.15) is 28.4 Å². The summed E-state index contributed by atoms with van der Waals surface area (Å²) in [6.45, 7) is 3.73. The van der Waals surface area contributed by atoms with Gasteiger partial charge in [0.2, 0.25) is 0 Å². The van der Waals surface area contributed by atoms with E-state index in [-0.39, 0.29) is 0 Å². The first-order chi connectivity index (χ1) is 7.21. The zero-order valence-corrected chi connectivity index (χ0v) is 9.03. The first-order valence-electron chi connectivity index (χ1n) is 4.88. The Labute approximate surface area is 89.9 Å². The van der Waals surface area contributed by atoms with Crippen LogP contribution in [0.25, 0.3) is 0 Å². The fourth-order valence-corrected chi connectivity index (χ4v) is 1.31. The Balaban J connectivity index is 2.98. The molecule has 0 aliphatic carbocycles. The molecular weight excluding hydrogens is 188 g/mol. The number of carbonyl (C=O) groups excluding carboxylic acids is 1. The Morgan fingerprint density at radius 1 is 1.53 bits per heavy atom. The fraction of sp³-hybridized carbons (Fsp3) is 0.333. The van der Waals surface area contributed by atoms with E-state index in [9.17, 15) is 4.79 Å². The molecule has 0 aliphatic rings. The van der Waals surface area contributed by atoms with Crippen LogP contribution in [0.3, 0.4) is 0 Å². The molecule has 0 N–H and O–H groups in total. The third kappa shape index (κ3) is 2.90. The summed E-state index contributed by atoms with van der Waals surface area (Å²) in [4.78, 5) is 12.7. The van der Waals surface area contributed by atoms with Gasteiger partial charge in [0.1, 0.15) is 6.29 Å². The Morgan fingerprint density at radius 3 is 2.80 bits per heavy atom. The van der Waals surface area contributed by atoms with Crippen molar-refractivity contribution < 1.29 is 4.79 Å². The number of carbonyl (C=O) groups is 1. The predicted molar refractivity (Wildman–Crippen MR) is 58.6 cm³/mol. The van der Waals surface area contributed by atoms with Crippen LogP contribution in [0, 0.1) is 11.3 Å². The van der Waals surface area contributed by atoms with Crippen molar-refractivity contribution in [2.75, 3.05) is 13.6 Å². The summed E-state index contributed by atoms with van der Waals surface area (Å²) in [7, 11) is 1.99. The summed E-state index contributed by atoms with van der Waals surface area (Å²) >= 11 is 0. The van der Waals surface area contributed by atoms with E-state index in [1.807, 2.05) is 13.1 Å². The summed E-state index contributed by atoms with van der Waals surface area (Å²) in [5.74, 6) is 0. The second-order valence-electron chi connectivity index (χ2n) is 3.48. The molecule has 1 rings (SSSR count). The van der Waals surface area contributed by atoms with Gasteiger partial charge in [-0.25, -0.2) is 0 Å². The van der Waals surface area contributed by atoms with Crippen molar-refractivity contribution in [2.45, 2.75) is 13.5 Å². The first-order valence-corrected chi connectivity index (χ1v) is 4.88. The standard InChI is InChI=1S/C12H14N2O/c1-3-14(2)8-11-5-4-10(9-15)6-12(11)7-13/h4-6,9H,3,8H2,1-2H3. The van der Waals surface area contributed by atoms with E-state index >= 15 is 0 Å². The van der Waals surface area contributed by atoms with E-state index in [1.165, 1.54) is 0 Å². The monoisotopic (exact) mass is 202 g/mol. The highest BCUT2D eigenvalue weighted by Crippen LogP contribution is 2.12. The average Bonchev–Trinajstić information content (AvgIpc) is 2.29. The smallest absolute Gasteiger partial charge is 0.150 e. The number of rotatable bonds is 4. The van der Waals surface area contributed by atoms with Crippen molar-refractivity contribution in [3.8, 4) is 6.07 Å². The van der Waals surface area contributed by atoms with Gasteiger partial charge in [-0.05, 0) is 25.2 Å². The van der Waals surface area contributed by atoms with Gasteiger partial charge < -0.3 is 4.90 Å². The summed E-state index contributed by atoms with van der Waals surface area (Å²) in [5.41, 5.74) is 2.10. The van der Waals surface area contributed by atoms with E-state index in [2.05, 4.69) is 17.9 Å². The first kappa shape index (κ1) is 11.4. The molecule has 3 heteroatoms. The number of hydrogen-bond donors (Lipinski definition) is 0. The Kier molecular flexibility index (Phi) is 4.02. The van der Waals surface area contributed by atoms with E-state index in [0.717, 1.165) is 24.9 Å². The molecule has 0 aromatic heterocycles. The molecule has 15 heavy (non-hydrogen) atoms. The maximum Gasteiger partial charge on any atom is 0.150 e. The molecule has 0 fully saturated rings. The highest BCUT2D eigenvalue weighted by Gasteiger charge is 2.05. The maximum atomic E-state index is 10.5. The SMILES string of the molecule is CCN(C)Cc1ccc(C=O)cc1C#N. The molecule has 0 unspecified atom stereocenters. The highest BCUT2D eigenvalue weighted by atomic mass is 16.1. The molecule has 1 aromatic rings. The third-order valence-corrected chi connectivity index (χ3v) is 2.37. The molecule has 0 saturated carbocycles. The van der Waals surface area contributed by atoms with Crippen molar-refractivity contribution in [3.63, 3.8) is 0 Å². The number of benzene rings is 1. The number of nitrogens with zero attached hydrogens (tertiary/aromatic N) is 2. The van der Waals surface area contributed by atoms with E-state index < -0.39 is 0 Å². The number of hydrogen-bond acceptors (Lipinski definition) is 3. The lowest BCUT2D eigenvalue weighted by molar-refractivity contribution is 0.112. The van der Waals surface area contributed by atoms with E-state index in [0.29, 0.717) is 11.1 Å². The minimum absolute atomic E-state index is 0.550. The van der Waals surface area contributed by atoms with E-state index in [4.69, 9.17) is 5.26 Å². The molecule has 0 spiro atoms. The van der Waals surface area contributed by atoms with Crippen molar-refractivity contribution in [3.05, 3.63) is 34.9 Å².